The largest absolute Gasteiger partial charge is 0.478 e. The van der Waals surface area contributed by atoms with E-state index in [9.17, 15) is 9.18 Å². The molecule has 7 heteroatoms. The van der Waals surface area contributed by atoms with Gasteiger partial charge in [0, 0.05) is 0 Å². The van der Waals surface area contributed by atoms with Crippen molar-refractivity contribution in [3.8, 4) is 5.75 Å². The van der Waals surface area contributed by atoms with Gasteiger partial charge in [-0.15, -0.1) is 10.2 Å². The van der Waals surface area contributed by atoms with E-state index in [-0.39, 0.29) is 11.7 Å². The molecule has 0 saturated carbocycles. The number of carbonyl (C=O) groups excluding carboxylic acids is 1. The fraction of sp³-hybridized carbons (Fsp3) is 0.357. The van der Waals surface area contributed by atoms with E-state index >= 15 is 0 Å². The van der Waals surface area contributed by atoms with Gasteiger partial charge < -0.3 is 4.74 Å². The van der Waals surface area contributed by atoms with Gasteiger partial charge in [-0.05, 0) is 25.0 Å². The summed E-state index contributed by atoms with van der Waals surface area (Å²) in [6.07, 6.45) is 0.395. The lowest BCUT2D eigenvalue weighted by atomic mass is 10.2. The van der Waals surface area contributed by atoms with E-state index in [4.69, 9.17) is 4.74 Å². The van der Waals surface area contributed by atoms with Crippen molar-refractivity contribution in [1.82, 2.24) is 10.2 Å². The van der Waals surface area contributed by atoms with Gasteiger partial charge in [0.1, 0.15) is 5.01 Å². The Bertz CT molecular complexity index is 618. The summed E-state index contributed by atoms with van der Waals surface area (Å²) in [5.41, 5.74) is 0. The molecule has 0 saturated heterocycles. The molecule has 0 fully saturated rings. The van der Waals surface area contributed by atoms with Gasteiger partial charge in [-0.3, -0.25) is 10.1 Å². The second kappa shape index (κ2) is 7.12. The van der Waals surface area contributed by atoms with Gasteiger partial charge in [-0.2, -0.15) is 0 Å². The fourth-order valence-electron chi connectivity index (χ4n) is 1.65. The molecule has 0 spiro atoms. The first-order valence-corrected chi connectivity index (χ1v) is 7.50. The van der Waals surface area contributed by atoms with Crippen LogP contribution in [0.5, 0.6) is 5.75 Å². The van der Waals surface area contributed by atoms with E-state index in [0.29, 0.717) is 11.6 Å². The molecule has 112 valence electrons. The third kappa shape index (κ3) is 3.98. The van der Waals surface area contributed by atoms with Gasteiger partial charge in [0.15, 0.2) is 17.7 Å². The summed E-state index contributed by atoms with van der Waals surface area (Å²) in [4.78, 5) is 12.1. The molecule has 21 heavy (non-hydrogen) atoms. The smallest absolute Gasteiger partial charge is 0.267 e. The minimum Gasteiger partial charge on any atom is -0.478 e. The number of aryl methyl sites for hydroxylation is 1. The number of amides is 1. The summed E-state index contributed by atoms with van der Waals surface area (Å²) in [5, 5.41) is 11.7. The molecule has 0 unspecified atom stereocenters. The SMILES string of the molecule is CCc1nnc(NC(=O)[C@H](CC)Oc2ccccc2F)s1. The maximum Gasteiger partial charge on any atom is 0.267 e. The highest BCUT2D eigenvalue weighted by molar-refractivity contribution is 7.15. The molecule has 1 amide bonds. The minimum absolute atomic E-state index is 0.0611. The summed E-state index contributed by atoms with van der Waals surface area (Å²) < 4.78 is 19.0. The predicted octanol–water partition coefficient (Wildman–Crippen LogP) is 3.04. The van der Waals surface area contributed by atoms with Crippen molar-refractivity contribution in [3.05, 3.63) is 35.1 Å². The summed E-state index contributed by atoms with van der Waals surface area (Å²) >= 11 is 1.31. The number of para-hydroxylation sites is 1. The Morgan fingerprint density at radius 3 is 2.76 bits per heavy atom. The second-order valence-electron chi connectivity index (χ2n) is 4.29. The molecule has 1 aromatic carbocycles. The van der Waals surface area contributed by atoms with Gasteiger partial charge in [-0.1, -0.05) is 37.3 Å². The molecular formula is C14H16FN3O2S. The zero-order valence-corrected chi connectivity index (χ0v) is 12.6. The topological polar surface area (TPSA) is 64.1 Å². The Balaban J connectivity index is 2.03. The van der Waals surface area contributed by atoms with Crippen LogP contribution in [0.25, 0.3) is 0 Å². The molecule has 0 aliphatic heterocycles. The van der Waals surface area contributed by atoms with Crippen LogP contribution in [0.1, 0.15) is 25.3 Å². The Hall–Kier alpha value is -2.02. The molecule has 0 aliphatic carbocycles. The first kappa shape index (κ1) is 15.4. The second-order valence-corrected chi connectivity index (χ2v) is 5.35. The fourth-order valence-corrected chi connectivity index (χ4v) is 2.33. The molecule has 0 aliphatic rings. The van der Waals surface area contributed by atoms with Crippen molar-refractivity contribution < 1.29 is 13.9 Å². The summed E-state index contributed by atoms with van der Waals surface area (Å²) in [6.45, 7) is 3.75. The van der Waals surface area contributed by atoms with Gasteiger partial charge >= 0.3 is 0 Å². The van der Waals surface area contributed by atoms with E-state index in [0.717, 1.165) is 11.4 Å². The quantitative estimate of drug-likeness (QED) is 0.891. The summed E-state index contributed by atoms with van der Waals surface area (Å²) in [6, 6.07) is 6.00. The number of nitrogens with one attached hydrogen (secondary N) is 1. The Kier molecular flexibility index (Phi) is 5.21. The van der Waals surface area contributed by atoms with Gasteiger partial charge in [0.05, 0.1) is 0 Å². The van der Waals surface area contributed by atoms with E-state index < -0.39 is 11.9 Å². The van der Waals surface area contributed by atoms with Crippen LogP contribution in [0, 0.1) is 5.82 Å². The summed E-state index contributed by atoms with van der Waals surface area (Å²) in [7, 11) is 0. The highest BCUT2D eigenvalue weighted by Crippen LogP contribution is 2.20. The molecule has 2 rings (SSSR count). The molecule has 1 aromatic heterocycles. The first-order valence-electron chi connectivity index (χ1n) is 6.68. The molecule has 0 bridgehead atoms. The van der Waals surface area contributed by atoms with Crippen LogP contribution in [0.2, 0.25) is 0 Å². The normalized spacial score (nSPS) is 12.0. The van der Waals surface area contributed by atoms with E-state index in [1.165, 1.54) is 23.5 Å². The maximum atomic E-state index is 13.5. The van der Waals surface area contributed by atoms with Crippen LogP contribution < -0.4 is 10.1 Å². The number of halogens is 1. The maximum absolute atomic E-state index is 13.5. The van der Waals surface area contributed by atoms with Crippen LogP contribution >= 0.6 is 11.3 Å². The lowest BCUT2D eigenvalue weighted by Crippen LogP contribution is -2.32. The van der Waals surface area contributed by atoms with E-state index in [1.54, 1.807) is 19.1 Å². The van der Waals surface area contributed by atoms with Crippen LogP contribution in [0.4, 0.5) is 9.52 Å². The molecule has 0 radical (unpaired) electrons. The number of carbonyl (C=O) groups is 1. The molecular weight excluding hydrogens is 293 g/mol. The lowest BCUT2D eigenvalue weighted by Gasteiger charge is -2.16. The van der Waals surface area contributed by atoms with Crippen LogP contribution in [0.15, 0.2) is 24.3 Å². The van der Waals surface area contributed by atoms with Crippen molar-refractivity contribution in [2.24, 2.45) is 0 Å². The molecule has 2 aromatic rings. The van der Waals surface area contributed by atoms with Crippen LogP contribution in [0.3, 0.4) is 0 Å². The average Bonchev–Trinajstić information content (AvgIpc) is 2.94. The van der Waals surface area contributed by atoms with Gasteiger partial charge in [-0.25, -0.2) is 4.39 Å². The minimum atomic E-state index is -0.782. The van der Waals surface area contributed by atoms with Crippen molar-refractivity contribution in [2.45, 2.75) is 32.8 Å². The van der Waals surface area contributed by atoms with Crippen molar-refractivity contribution >= 4 is 22.4 Å². The van der Waals surface area contributed by atoms with Crippen molar-refractivity contribution in [1.29, 1.82) is 0 Å². The van der Waals surface area contributed by atoms with E-state index in [2.05, 4.69) is 15.5 Å². The molecule has 1 atom stereocenters. The third-order valence-corrected chi connectivity index (χ3v) is 3.75. The highest BCUT2D eigenvalue weighted by atomic mass is 32.1. The Labute approximate surface area is 126 Å². The first-order chi connectivity index (χ1) is 10.1. The lowest BCUT2D eigenvalue weighted by molar-refractivity contribution is -0.122. The number of hydrogen-bond acceptors (Lipinski definition) is 5. The zero-order valence-electron chi connectivity index (χ0n) is 11.8. The number of ether oxygens (including phenoxy) is 1. The average molecular weight is 309 g/mol. The third-order valence-electron chi connectivity index (χ3n) is 2.77. The number of anilines is 1. The molecule has 5 nitrogen and oxygen atoms in total. The highest BCUT2D eigenvalue weighted by Gasteiger charge is 2.21. The predicted molar refractivity (Wildman–Crippen MR) is 79.0 cm³/mol. The number of hydrogen-bond donors (Lipinski definition) is 1. The number of benzene rings is 1. The number of nitrogens with zero attached hydrogens (tertiary/aromatic N) is 2. The van der Waals surface area contributed by atoms with Crippen LogP contribution in [-0.4, -0.2) is 22.2 Å². The van der Waals surface area contributed by atoms with Gasteiger partial charge in [0.25, 0.3) is 5.91 Å². The Morgan fingerprint density at radius 2 is 2.14 bits per heavy atom. The van der Waals surface area contributed by atoms with Crippen molar-refractivity contribution in [3.63, 3.8) is 0 Å². The number of rotatable bonds is 6. The zero-order chi connectivity index (χ0) is 15.2. The van der Waals surface area contributed by atoms with Crippen LogP contribution in [-0.2, 0) is 11.2 Å². The summed E-state index contributed by atoms with van der Waals surface area (Å²) in [5.74, 6) is -0.793. The van der Waals surface area contributed by atoms with E-state index in [1.807, 2.05) is 6.92 Å². The Morgan fingerprint density at radius 1 is 1.38 bits per heavy atom. The number of aromatic nitrogens is 2. The standard InChI is InChI=1S/C14H16FN3O2S/c1-3-10(20-11-8-6-5-7-9(11)15)13(19)16-14-18-17-12(4-2)21-14/h5-8,10H,3-4H2,1-2H3,(H,16,18,19)/t10-/m0/s1. The monoisotopic (exact) mass is 309 g/mol. The molecule has 1 heterocycles. The van der Waals surface area contributed by atoms with Gasteiger partial charge in [0.2, 0.25) is 5.13 Å². The molecule has 1 N–H and O–H groups in total. The van der Waals surface area contributed by atoms with Crippen molar-refractivity contribution in [2.75, 3.05) is 5.32 Å².